The van der Waals surface area contributed by atoms with Crippen LogP contribution in [-0.2, 0) is 11.3 Å². The molecule has 0 fully saturated rings. The van der Waals surface area contributed by atoms with E-state index in [9.17, 15) is 14.0 Å². The largest absolute Gasteiger partial charge is 0.348 e. The molecule has 0 aliphatic heterocycles. The summed E-state index contributed by atoms with van der Waals surface area (Å²) in [6, 6.07) is 10.6. The second-order valence-electron chi connectivity index (χ2n) is 4.68. The van der Waals surface area contributed by atoms with E-state index in [1.807, 2.05) is 0 Å². The first-order valence-corrected chi connectivity index (χ1v) is 6.93. The number of anilines is 1. The number of halogens is 2. The van der Waals surface area contributed by atoms with E-state index < -0.39 is 5.82 Å². The van der Waals surface area contributed by atoms with E-state index in [0.717, 1.165) is 0 Å². The van der Waals surface area contributed by atoms with Crippen molar-refractivity contribution in [2.75, 3.05) is 5.32 Å². The molecule has 0 aliphatic carbocycles. The van der Waals surface area contributed by atoms with Gasteiger partial charge in [-0.25, -0.2) is 4.39 Å². The Labute approximate surface area is 132 Å². The average molecular weight is 321 g/mol. The summed E-state index contributed by atoms with van der Waals surface area (Å²) in [5, 5.41) is 5.63. The van der Waals surface area contributed by atoms with Crippen molar-refractivity contribution in [3.8, 4) is 0 Å². The second kappa shape index (κ2) is 7.04. The van der Waals surface area contributed by atoms with Gasteiger partial charge in [-0.1, -0.05) is 11.6 Å². The Hall–Kier alpha value is -2.40. The van der Waals surface area contributed by atoms with Crippen molar-refractivity contribution in [3.05, 3.63) is 64.4 Å². The van der Waals surface area contributed by atoms with Crippen LogP contribution >= 0.6 is 11.6 Å². The van der Waals surface area contributed by atoms with Crippen LogP contribution in [0.3, 0.4) is 0 Å². The lowest BCUT2D eigenvalue weighted by Gasteiger charge is -2.08. The molecule has 0 heterocycles. The van der Waals surface area contributed by atoms with E-state index >= 15 is 0 Å². The monoisotopic (exact) mass is 320 g/mol. The van der Waals surface area contributed by atoms with E-state index in [1.165, 1.54) is 25.1 Å². The van der Waals surface area contributed by atoms with Gasteiger partial charge in [0, 0.05) is 35.3 Å². The molecule has 2 N–H and O–H groups in total. The Bertz CT molecular complexity index is 702. The van der Waals surface area contributed by atoms with Crippen LogP contribution in [-0.4, -0.2) is 11.8 Å². The van der Waals surface area contributed by atoms with Crippen LogP contribution < -0.4 is 10.6 Å². The predicted molar refractivity (Wildman–Crippen MR) is 83.3 cm³/mol. The smallest absolute Gasteiger partial charge is 0.251 e. The molecule has 2 aromatic carbocycles. The molecule has 114 valence electrons. The maximum Gasteiger partial charge on any atom is 0.251 e. The topological polar surface area (TPSA) is 58.2 Å². The zero-order valence-electron chi connectivity index (χ0n) is 11.8. The van der Waals surface area contributed by atoms with Crippen LogP contribution in [0.1, 0.15) is 22.8 Å². The number of carbonyl (C=O) groups excluding carboxylic acids is 2. The van der Waals surface area contributed by atoms with Crippen LogP contribution in [0.5, 0.6) is 0 Å². The third-order valence-electron chi connectivity index (χ3n) is 2.91. The number of hydrogen-bond donors (Lipinski definition) is 2. The van der Waals surface area contributed by atoms with Crippen molar-refractivity contribution in [1.82, 2.24) is 5.32 Å². The molecule has 0 radical (unpaired) electrons. The molecule has 0 saturated heterocycles. The summed E-state index contributed by atoms with van der Waals surface area (Å²) in [7, 11) is 0. The maximum absolute atomic E-state index is 13.5. The lowest BCUT2D eigenvalue weighted by molar-refractivity contribution is -0.114. The van der Waals surface area contributed by atoms with E-state index in [4.69, 9.17) is 11.6 Å². The Kier molecular flexibility index (Phi) is 5.12. The van der Waals surface area contributed by atoms with E-state index in [0.29, 0.717) is 21.8 Å². The quantitative estimate of drug-likeness (QED) is 0.907. The fraction of sp³-hybridized carbons (Fsp3) is 0.125. The summed E-state index contributed by atoms with van der Waals surface area (Å²) in [4.78, 5) is 22.9. The summed E-state index contributed by atoms with van der Waals surface area (Å²) in [5.41, 5.74) is 1.33. The molecule has 0 aromatic heterocycles. The first kappa shape index (κ1) is 16.0. The molecule has 0 aliphatic rings. The minimum absolute atomic E-state index is 0.0404. The molecule has 2 rings (SSSR count). The number of carbonyl (C=O) groups is 2. The van der Waals surface area contributed by atoms with Crippen LogP contribution in [0.2, 0.25) is 5.02 Å². The SMILES string of the molecule is CC(=O)Nc1ccc(C(=O)NCc2cc(Cl)ccc2F)cc1. The Morgan fingerprint density at radius 2 is 1.82 bits per heavy atom. The van der Waals surface area contributed by atoms with Gasteiger partial charge in [0.15, 0.2) is 0 Å². The molecular formula is C16H14ClFN2O2. The van der Waals surface area contributed by atoms with E-state index in [2.05, 4.69) is 10.6 Å². The highest BCUT2D eigenvalue weighted by Gasteiger charge is 2.08. The standard InChI is InChI=1S/C16H14ClFN2O2/c1-10(21)20-14-5-2-11(3-6-14)16(22)19-9-12-8-13(17)4-7-15(12)18/h2-8H,9H2,1H3,(H,19,22)(H,20,21). The summed E-state index contributed by atoms with van der Waals surface area (Å²) in [5.74, 6) is -0.951. The molecule has 0 spiro atoms. The lowest BCUT2D eigenvalue weighted by atomic mass is 10.1. The Morgan fingerprint density at radius 1 is 1.14 bits per heavy atom. The summed E-state index contributed by atoms with van der Waals surface area (Å²) in [6.07, 6.45) is 0. The molecule has 6 heteroatoms. The number of hydrogen-bond acceptors (Lipinski definition) is 2. The number of amides is 2. The van der Waals surface area contributed by atoms with Crippen molar-refractivity contribution in [2.45, 2.75) is 13.5 Å². The molecule has 2 amide bonds. The highest BCUT2D eigenvalue weighted by Crippen LogP contribution is 2.15. The average Bonchev–Trinajstić information content (AvgIpc) is 2.48. The summed E-state index contributed by atoms with van der Waals surface area (Å²) in [6.45, 7) is 1.44. The molecule has 22 heavy (non-hydrogen) atoms. The third-order valence-corrected chi connectivity index (χ3v) is 3.15. The highest BCUT2D eigenvalue weighted by molar-refractivity contribution is 6.30. The summed E-state index contributed by atoms with van der Waals surface area (Å²) >= 11 is 5.79. The van der Waals surface area contributed by atoms with E-state index in [-0.39, 0.29) is 18.4 Å². The molecular weight excluding hydrogens is 307 g/mol. The fourth-order valence-corrected chi connectivity index (χ4v) is 2.06. The van der Waals surface area contributed by atoms with Gasteiger partial charge in [0.2, 0.25) is 5.91 Å². The van der Waals surface area contributed by atoms with Crippen molar-refractivity contribution >= 4 is 29.1 Å². The van der Waals surface area contributed by atoms with Crippen molar-refractivity contribution in [1.29, 1.82) is 0 Å². The third kappa shape index (κ3) is 4.30. The Balaban J connectivity index is 2.00. The first-order valence-electron chi connectivity index (χ1n) is 6.55. The molecule has 4 nitrogen and oxygen atoms in total. The molecule has 0 saturated carbocycles. The fourth-order valence-electron chi connectivity index (χ4n) is 1.86. The first-order chi connectivity index (χ1) is 10.5. The van der Waals surface area contributed by atoms with Crippen LogP contribution in [0.4, 0.5) is 10.1 Å². The second-order valence-corrected chi connectivity index (χ2v) is 5.11. The normalized spacial score (nSPS) is 10.1. The molecule has 2 aromatic rings. The number of benzene rings is 2. The van der Waals surface area contributed by atoms with Gasteiger partial charge in [-0.2, -0.15) is 0 Å². The van der Waals surface area contributed by atoms with Crippen LogP contribution in [0, 0.1) is 5.82 Å². The van der Waals surface area contributed by atoms with Gasteiger partial charge in [-0.05, 0) is 42.5 Å². The van der Waals surface area contributed by atoms with Crippen molar-refractivity contribution in [3.63, 3.8) is 0 Å². The molecule has 0 atom stereocenters. The van der Waals surface area contributed by atoms with Gasteiger partial charge in [-0.15, -0.1) is 0 Å². The number of rotatable bonds is 4. The number of nitrogens with one attached hydrogen (secondary N) is 2. The minimum atomic E-state index is -0.425. The van der Waals surface area contributed by atoms with E-state index in [1.54, 1.807) is 24.3 Å². The van der Waals surface area contributed by atoms with Gasteiger partial charge < -0.3 is 10.6 Å². The highest BCUT2D eigenvalue weighted by atomic mass is 35.5. The van der Waals surface area contributed by atoms with Crippen molar-refractivity contribution < 1.29 is 14.0 Å². The Morgan fingerprint density at radius 3 is 2.45 bits per heavy atom. The van der Waals surface area contributed by atoms with Gasteiger partial charge in [0.05, 0.1) is 0 Å². The lowest BCUT2D eigenvalue weighted by Crippen LogP contribution is -2.23. The van der Waals surface area contributed by atoms with Gasteiger partial charge in [0.1, 0.15) is 5.82 Å². The minimum Gasteiger partial charge on any atom is -0.348 e. The zero-order valence-corrected chi connectivity index (χ0v) is 12.6. The zero-order chi connectivity index (χ0) is 16.1. The van der Waals surface area contributed by atoms with Crippen LogP contribution in [0.25, 0.3) is 0 Å². The van der Waals surface area contributed by atoms with Gasteiger partial charge >= 0.3 is 0 Å². The molecule has 0 bridgehead atoms. The van der Waals surface area contributed by atoms with Gasteiger partial charge in [0.25, 0.3) is 5.91 Å². The predicted octanol–water partition coefficient (Wildman–Crippen LogP) is 3.37. The maximum atomic E-state index is 13.5. The van der Waals surface area contributed by atoms with Crippen LogP contribution in [0.15, 0.2) is 42.5 Å². The van der Waals surface area contributed by atoms with Gasteiger partial charge in [-0.3, -0.25) is 9.59 Å². The molecule has 0 unspecified atom stereocenters. The summed E-state index contributed by atoms with van der Waals surface area (Å²) < 4.78 is 13.5. The van der Waals surface area contributed by atoms with Crippen molar-refractivity contribution in [2.24, 2.45) is 0 Å².